The van der Waals surface area contributed by atoms with Gasteiger partial charge in [-0.15, -0.1) is 0 Å². The van der Waals surface area contributed by atoms with E-state index in [0.717, 1.165) is 11.5 Å². The number of carbonyl (C=O) groups is 1. The van der Waals surface area contributed by atoms with Crippen molar-refractivity contribution in [1.29, 1.82) is 0 Å². The van der Waals surface area contributed by atoms with E-state index in [-0.39, 0.29) is 11.7 Å². The molecule has 0 amide bonds. The predicted octanol–water partition coefficient (Wildman–Crippen LogP) is 2.14. The Labute approximate surface area is 78.1 Å². The van der Waals surface area contributed by atoms with E-state index in [1.54, 1.807) is 0 Å². The molecule has 3 heteroatoms. The minimum atomic E-state index is 0.115. The Balaban J connectivity index is 2.39. The number of nitrogens with zero attached hydrogens (tertiary/aromatic N) is 1. The van der Waals surface area contributed by atoms with Gasteiger partial charge in [-0.3, -0.25) is 4.79 Å². The number of hydrogen-bond donors (Lipinski definition) is 0. The molecule has 0 radical (unpaired) electrons. The standard InChI is InChI=1S/C10H15NO2/c1-7(2)10(12)5-4-9-6-8(3)11-13-9/h6-7H,4-5H2,1-3H3. The van der Waals surface area contributed by atoms with Crippen LogP contribution in [0.3, 0.4) is 0 Å². The van der Waals surface area contributed by atoms with Crippen LogP contribution in [0, 0.1) is 12.8 Å². The third-order valence-corrected chi connectivity index (χ3v) is 1.94. The summed E-state index contributed by atoms with van der Waals surface area (Å²) in [6, 6.07) is 1.87. The Morgan fingerprint density at radius 3 is 2.77 bits per heavy atom. The van der Waals surface area contributed by atoms with Gasteiger partial charge in [-0.25, -0.2) is 0 Å². The maximum absolute atomic E-state index is 11.3. The third kappa shape index (κ3) is 3.01. The van der Waals surface area contributed by atoms with Gasteiger partial charge in [0.05, 0.1) is 5.69 Å². The van der Waals surface area contributed by atoms with Crippen molar-refractivity contribution in [3.05, 3.63) is 17.5 Å². The summed E-state index contributed by atoms with van der Waals surface area (Å²) in [6.07, 6.45) is 1.21. The summed E-state index contributed by atoms with van der Waals surface area (Å²) in [4.78, 5) is 11.3. The maximum Gasteiger partial charge on any atom is 0.137 e. The fourth-order valence-electron chi connectivity index (χ4n) is 1.07. The van der Waals surface area contributed by atoms with Gasteiger partial charge in [0, 0.05) is 24.8 Å². The van der Waals surface area contributed by atoms with Crippen LogP contribution in [0.5, 0.6) is 0 Å². The minimum absolute atomic E-state index is 0.115. The highest BCUT2D eigenvalue weighted by molar-refractivity contribution is 5.80. The smallest absolute Gasteiger partial charge is 0.137 e. The zero-order chi connectivity index (χ0) is 9.84. The molecule has 1 aromatic heterocycles. The van der Waals surface area contributed by atoms with Gasteiger partial charge in [0.1, 0.15) is 11.5 Å². The number of aromatic nitrogens is 1. The lowest BCUT2D eigenvalue weighted by atomic mass is 10.0. The lowest BCUT2D eigenvalue weighted by Crippen LogP contribution is -2.07. The quantitative estimate of drug-likeness (QED) is 0.714. The van der Waals surface area contributed by atoms with Gasteiger partial charge in [0.15, 0.2) is 0 Å². The van der Waals surface area contributed by atoms with E-state index in [0.29, 0.717) is 12.8 Å². The molecular weight excluding hydrogens is 166 g/mol. The second kappa shape index (κ2) is 4.21. The van der Waals surface area contributed by atoms with E-state index in [1.807, 2.05) is 26.8 Å². The van der Waals surface area contributed by atoms with Gasteiger partial charge in [0.2, 0.25) is 0 Å². The second-order valence-electron chi connectivity index (χ2n) is 3.56. The van der Waals surface area contributed by atoms with Gasteiger partial charge >= 0.3 is 0 Å². The fourth-order valence-corrected chi connectivity index (χ4v) is 1.07. The zero-order valence-electron chi connectivity index (χ0n) is 8.33. The molecule has 0 aromatic carbocycles. The van der Waals surface area contributed by atoms with E-state index in [9.17, 15) is 4.79 Å². The van der Waals surface area contributed by atoms with Crippen LogP contribution < -0.4 is 0 Å². The van der Waals surface area contributed by atoms with Crippen LogP contribution in [0.1, 0.15) is 31.7 Å². The van der Waals surface area contributed by atoms with E-state index in [1.165, 1.54) is 0 Å². The van der Waals surface area contributed by atoms with Gasteiger partial charge in [-0.2, -0.15) is 0 Å². The van der Waals surface area contributed by atoms with Crippen LogP contribution in [-0.4, -0.2) is 10.9 Å². The molecular formula is C10H15NO2. The second-order valence-corrected chi connectivity index (χ2v) is 3.56. The monoisotopic (exact) mass is 181 g/mol. The molecule has 0 fully saturated rings. The fraction of sp³-hybridized carbons (Fsp3) is 0.600. The summed E-state index contributed by atoms with van der Waals surface area (Å²) in [5.41, 5.74) is 0.868. The highest BCUT2D eigenvalue weighted by Crippen LogP contribution is 2.08. The Morgan fingerprint density at radius 1 is 1.62 bits per heavy atom. The summed E-state index contributed by atoms with van der Waals surface area (Å²) < 4.78 is 4.99. The molecule has 1 aromatic rings. The molecule has 0 aliphatic rings. The van der Waals surface area contributed by atoms with E-state index < -0.39 is 0 Å². The molecule has 0 N–H and O–H groups in total. The van der Waals surface area contributed by atoms with Crippen LogP contribution in [0.4, 0.5) is 0 Å². The van der Waals surface area contributed by atoms with Crippen LogP contribution in [0.15, 0.2) is 10.6 Å². The largest absolute Gasteiger partial charge is 0.361 e. The van der Waals surface area contributed by atoms with Crippen molar-refractivity contribution in [2.75, 3.05) is 0 Å². The predicted molar refractivity (Wildman–Crippen MR) is 49.4 cm³/mol. The highest BCUT2D eigenvalue weighted by atomic mass is 16.5. The molecule has 0 saturated heterocycles. The number of hydrogen-bond acceptors (Lipinski definition) is 3. The van der Waals surface area contributed by atoms with Gasteiger partial charge < -0.3 is 4.52 Å². The molecule has 0 aliphatic heterocycles. The Hall–Kier alpha value is -1.12. The summed E-state index contributed by atoms with van der Waals surface area (Å²) in [7, 11) is 0. The van der Waals surface area contributed by atoms with E-state index >= 15 is 0 Å². The van der Waals surface area contributed by atoms with Crippen molar-refractivity contribution in [2.45, 2.75) is 33.6 Å². The molecule has 0 unspecified atom stereocenters. The molecule has 3 nitrogen and oxygen atoms in total. The van der Waals surface area contributed by atoms with Gasteiger partial charge in [0.25, 0.3) is 0 Å². The van der Waals surface area contributed by atoms with Crippen molar-refractivity contribution in [3.63, 3.8) is 0 Å². The first-order valence-corrected chi connectivity index (χ1v) is 4.54. The number of Topliss-reactive ketones (excluding diaryl/α,β-unsaturated/α-hetero) is 1. The normalized spacial score (nSPS) is 10.8. The summed E-state index contributed by atoms with van der Waals surface area (Å²) in [6.45, 7) is 5.69. The molecule has 0 aliphatic carbocycles. The molecule has 1 rings (SSSR count). The lowest BCUT2D eigenvalue weighted by molar-refractivity contribution is -0.121. The Kier molecular flexibility index (Phi) is 3.23. The lowest BCUT2D eigenvalue weighted by Gasteiger charge is -2.00. The zero-order valence-corrected chi connectivity index (χ0v) is 8.33. The van der Waals surface area contributed by atoms with E-state index in [4.69, 9.17) is 4.52 Å². The van der Waals surface area contributed by atoms with Crippen molar-refractivity contribution >= 4 is 5.78 Å². The molecule has 0 atom stereocenters. The van der Waals surface area contributed by atoms with Crippen molar-refractivity contribution in [3.8, 4) is 0 Å². The van der Waals surface area contributed by atoms with Gasteiger partial charge in [-0.05, 0) is 6.92 Å². The molecule has 13 heavy (non-hydrogen) atoms. The number of carbonyl (C=O) groups excluding carboxylic acids is 1. The minimum Gasteiger partial charge on any atom is -0.361 e. The number of ketones is 1. The Bertz CT molecular complexity index is 289. The first-order valence-electron chi connectivity index (χ1n) is 4.54. The summed E-state index contributed by atoms with van der Waals surface area (Å²) in [5, 5.41) is 3.75. The van der Waals surface area contributed by atoms with Crippen molar-refractivity contribution < 1.29 is 9.32 Å². The maximum atomic E-state index is 11.3. The SMILES string of the molecule is Cc1cc(CCC(=O)C(C)C)on1. The van der Waals surface area contributed by atoms with Crippen LogP contribution in [0.25, 0.3) is 0 Å². The molecule has 72 valence electrons. The highest BCUT2D eigenvalue weighted by Gasteiger charge is 2.08. The van der Waals surface area contributed by atoms with E-state index in [2.05, 4.69) is 5.16 Å². The molecule has 0 bridgehead atoms. The number of aryl methyl sites for hydroxylation is 2. The third-order valence-electron chi connectivity index (χ3n) is 1.94. The van der Waals surface area contributed by atoms with Crippen LogP contribution >= 0.6 is 0 Å². The first kappa shape index (κ1) is 9.96. The van der Waals surface area contributed by atoms with Crippen LogP contribution in [-0.2, 0) is 11.2 Å². The molecule has 0 saturated carbocycles. The molecule has 0 spiro atoms. The first-order chi connectivity index (χ1) is 6.09. The summed E-state index contributed by atoms with van der Waals surface area (Å²) in [5.74, 6) is 1.18. The van der Waals surface area contributed by atoms with Crippen LogP contribution in [0.2, 0.25) is 0 Å². The average molecular weight is 181 g/mol. The Morgan fingerprint density at radius 2 is 2.31 bits per heavy atom. The van der Waals surface area contributed by atoms with Crippen molar-refractivity contribution in [1.82, 2.24) is 5.16 Å². The summed E-state index contributed by atoms with van der Waals surface area (Å²) >= 11 is 0. The average Bonchev–Trinajstić information content (AvgIpc) is 2.47. The number of rotatable bonds is 4. The van der Waals surface area contributed by atoms with Crippen molar-refractivity contribution in [2.24, 2.45) is 5.92 Å². The topological polar surface area (TPSA) is 43.1 Å². The molecule has 1 heterocycles. The van der Waals surface area contributed by atoms with Gasteiger partial charge in [-0.1, -0.05) is 19.0 Å².